The molecule has 3 rings (SSSR count). The molecule has 0 N–H and O–H groups in total. The number of oxazole rings is 1. The molecule has 0 spiro atoms. The number of aromatic nitrogens is 3. The van der Waals surface area contributed by atoms with Crippen LogP contribution in [0.3, 0.4) is 0 Å². The molecule has 3 aromatic rings. The summed E-state index contributed by atoms with van der Waals surface area (Å²) in [7, 11) is 0. The maximum absolute atomic E-state index is 13.9. The van der Waals surface area contributed by atoms with E-state index in [2.05, 4.69) is 15.0 Å². The van der Waals surface area contributed by atoms with Gasteiger partial charge in [-0.1, -0.05) is 23.4 Å². The molecule has 0 atom stereocenters. The lowest BCUT2D eigenvalue weighted by Crippen LogP contribution is -2.08. The largest absolute Gasteiger partial charge is 0.466 e. The van der Waals surface area contributed by atoms with Crippen LogP contribution < -0.4 is 0 Å². The highest BCUT2D eigenvalue weighted by Crippen LogP contribution is 2.32. The minimum atomic E-state index is -0.596. The van der Waals surface area contributed by atoms with Crippen LogP contribution >= 0.6 is 23.4 Å². The van der Waals surface area contributed by atoms with Crippen molar-refractivity contribution < 1.29 is 18.3 Å². The van der Waals surface area contributed by atoms with Gasteiger partial charge in [-0.25, -0.2) is 19.3 Å². The summed E-state index contributed by atoms with van der Waals surface area (Å²) in [6.07, 6.45) is 4.90. The summed E-state index contributed by atoms with van der Waals surface area (Å²) >= 11 is 7.16. The van der Waals surface area contributed by atoms with Crippen molar-refractivity contribution in [2.45, 2.75) is 18.5 Å². The van der Waals surface area contributed by atoms with Crippen LogP contribution in [0.2, 0.25) is 5.02 Å². The van der Waals surface area contributed by atoms with Gasteiger partial charge in [-0.2, -0.15) is 0 Å². The average molecular weight is 408 g/mol. The highest BCUT2D eigenvalue weighted by molar-refractivity contribution is 7.98. The highest BCUT2D eigenvalue weighted by atomic mass is 35.5. The third kappa shape index (κ3) is 4.45. The number of hydrogen-bond acceptors (Lipinski definition) is 7. The Morgan fingerprint density at radius 1 is 1.30 bits per heavy atom. The molecule has 0 fully saturated rings. The molecule has 9 heteroatoms. The Hall–Kier alpha value is -2.45. The summed E-state index contributed by atoms with van der Waals surface area (Å²) in [4.78, 5) is 24.7. The fourth-order valence-corrected chi connectivity index (χ4v) is 2.77. The number of rotatable bonds is 6. The number of carbonyl (C=O) groups is 1. The van der Waals surface area contributed by atoms with Gasteiger partial charge in [0.25, 0.3) is 0 Å². The van der Waals surface area contributed by atoms with Gasteiger partial charge < -0.3 is 9.15 Å². The molecule has 0 aliphatic heterocycles. The van der Waals surface area contributed by atoms with Crippen LogP contribution in [0.1, 0.15) is 12.6 Å². The van der Waals surface area contributed by atoms with Gasteiger partial charge in [0.2, 0.25) is 5.89 Å². The van der Waals surface area contributed by atoms with Crippen molar-refractivity contribution in [1.82, 2.24) is 15.0 Å². The van der Waals surface area contributed by atoms with Gasteiger partial charge >= 0.3 is 5.97 Å². The lowest BCUT2D eigenvalue weighted by molar-refractivity contribution is -0.142. The average Bonchev–Trinajstić information content (AvgIpc) is 3.08. The molecule has 27 heavy (non-hydrogen) atoms. The predicted octanol–water partition coefficient (Wildman–Crippen LogP) is 4.42. The van der Waals surface area contributed by atoms with Gasteiger partial charge in [0.05, 0.1) is 29.3 Å². The van der Waals surface area contributed by atoms with Crippen LogP contribution in [-0.2, 0) is 16.0 Å². The molecule has 0 aliphatic carbocycles. The zero-order valence-electron chi connectivity index (χ0n) is 14.5. The van der Waals surface area contributed by atoms with Gasteiger partial charge in [-0.05, 0) is 31.4 Å². The molecule has 2 aromatic heterocycles. The van der Waals surface area contributed by atoms with E-state index in [4.69, 9.17) is 20.8 Å². The lowest BCUT2D eigenvalue weighted by Gasteiger charge is -2.03. The molecule has 0 amide bonds. The summed E-state index contributed by atoms with van der Waals surface area (Å²) in [6.45, 7) is 1.96. The molecule has 0 saturated heterocycles. The van der Waals surface area contributed by atoms with Gasteiger partial charge in [-0.3, -0.25) is 4.79 Å². The highest BCUT2D eigenvalue weighted by Gasteiger charge is 2.21. The number of halogens is 2. The maximum atomic E-state index is 13.9. The van der Waals surface area contributed by atoms with Gasteiger partial charge in [0.1, 0.15) is 5.82 Å². The quantitative estimate of drug-likeness (QED) is 0.340. The molecule has 0 saturated carbocycles. The van der Waals surface area contributed by atoms with Crippen LogP contribution in [0.25, 0.3) is 22.8 Å². The fourth-order valence-electron chi connectivity index (χ4n) is 2.34. The zero-order valence-corrected chi connectivity index (χ0v) is 16.1. The molecule has 0 radical (unpaired) electrons. The molecule has 2 heterocycles. The fraction of sp³-hybridized carbons (Fsp3) is 0.222. The Morgan fingerprint density at radius 3 is 2.67 bits per heavy atom. The predicted molar refractivity (Wildman–Crippen MR) is 100 cm³/mol. The number of hydrogen-bond donors (Lipinski definition) is 0. The Bertz CT molecular complexity index is 963. The summed E-state index contributed by atoms with van der Waals surface area (Å²) in [5, 5.41) is 0.600. The van der Waals surface area contributed by atoms with Gasteiger partial charge in [0, 0.05) is 18.0 Å². The van der Waals surface area contributed by atoms with E-state index in [-0.39, 0.29) is 29.7 Å². The molecular formula is C18H15ClFN3O3S. The minimum Gasteiger partial charge on any atom is -0.466 e. The van der Waals surface area contributed by atoms with Gasteiger partial charge in [-0.15, -0.1) is 0 Å². The number of carbonyl (C=O) groups excluding carboxylic acids is 1. The molecule has 0 bridgehead atoms. The Morgan fingerprint density at radius 2 is 2.04 bits per heavy atom. The smallest absolute Gasteiger partial charge is 0.312 e. The van der Waals surface area contributed by atoms with Crippen molar-refractivity contribution in [3.63, 3.8) is 0 Å². The van der Waals surface area contributed by atoms with Crippen LogP contribution in [-0.4, -0.2) is 33.8 Å². The molecular weight excluding hydrogens is 393 g/mol. The van der Waals surface area contributed by atoms with E-state index in [0.29, 0.717) is 22.0 Å². The minimum absolute atomic E-state index is 0.00788. The first-order valence-electron chi connectivity index (χ1n) is 7.99. The number of nitrogens with zero attached hydrogens (tertiary/aromatic N) is 3. The third-order valence-corrected chi connectivity index (χ3v) is 4.44. The summed E-state index contributed by atoms with van der Waals surface area (Å²) in [6, 6.07) is 4.24. The first kappa shape index (κ1) is 19.3. The van der Waals surface area contributed by atoms with Crippen LogP contribution in [0.4, 0.5) is 4.39 Å². The second-order valence-electron chi connectivity index (χ2n) is 5.36. The number of thioether (sulfide) groups is 1. The second-order valence-corrected chi connectivity index (χ2v) is 6.54. The number of ether oxygens (including phenoxy) is 1. The van der Waals surface area contributed by atoms with Crippen LogP contribution in [0.5, 0.6) is 0 Å². The standard InChI is InChI=1S/C18H15ClFN3O3S/c1-3-25-15(24)7-14-16(10-4-5-12(19)13(20)6-10)26-17(23-14)11-8-21-18(27-2)22-9-11/h4-6,8-9H,3,7H2,1-2H3. The van der Waals surface area contributed by atoms with Crippen LogP contribution in [0.15, 0.2) is 40.2 Å². The normalized spacial score (nSPS) is 10.8. The topological polar surface area (TPSA) is 78.1 Å². The molecule has 6 nitrogen and oxygen atoms in total. The molecule has 0 unspecified atom stereocenters. The van der Waals surface area contributed by atoms with E-state index >= 15 is 0 Å². The SMILES string of the molecule is CCOC(=O)Cc1nc(-c2cnc(SC)nc2)oc1-c1ccc(Cl)c(F)c1. The summed E-state index contributed by atoms with van der Waals surface area (Å²) < 4.78 is 24.7. The first-order valence-corrected chi connectivity index (χ1v) is 9.59. The first-order chi connectivity index (χ1) is 13.0. The van der Waals surface area contributed by atoms with Crippen molar-refractivity contribution in [1.29, 1.82) is 0 Å². The van der Waals surface area contributed by atoms with E-state index in [1.807, 2.05) is 6.26 Å². The number of esters is 1. The molecule has 140 valence electrons. The maximum Gasteiger partial charge on any atom is 0.312 e. The Labute approximate surface area is 164 Å². The van der Waals surface area contributed by atoms with E-state index in [0.717, 1.165) is 0 Å². The Balaban J connectivity index is 2.04. The van der Waals surface area contributed by atoms with Crippen LogP contribution in [0, 0.1) is 5.82 Å². The number of benzene rings is 1. The third-order valence-electron chi connectivity index (χ3n) is 3.55. The van der Waals surface area contributed by atoms with Gasteiger partial charge in [0.15, 0.2) is 10.9 Å². The summed E-state index contributed by atoms with van der Waals surface area (Å²) in [5.41, 5.74) is 1.29. The van der Waals surface area contributed by atoms with Crippen molar-refractivity contribution in [2.75, 3.05) is 12.9 Å². The van der Waals surface area contributed by atoms with E-state index in [9.17, 15) is 9.18 Å². The molecule has 0 aliphatic rings. The van der Waals surface area contributed by atoms with E-state index in [1.165, 1.54) is 23.9 Å². The Kier molecular flexibility index (Phi) is 6.08. The van der Waals surface area contributed by atoms with Crippen molar-refractivity contribution in [3.8, 4) is 22.8 Å². The zero-order chi connectivity index (χ0) is 19.4. The molecule has 1 aromatic carbocycles. The monoisotopic (exact) mass is 407 g/mol. The van der Waals surface area contributed by atoms with E-state index < -0.39 is 11.8 Å². The lowest BCUT2D eigenvalue weighted by atomic mass is 10.1. The van der Waals surface area contributed by atoms with Crippen molar-refractivity contribution in [2.24, 2.45) is 0 Å². The van der Waals surface area contributed by atoms with E-state index in [1.54, 1.807) is 25.4 Å². The second kappa shape index (κ2) is 8.49. The van der Waals surface area contributed by atoms with Crippen molar-refractivity contribution >= 4 is 29.3 Å². The van der Waals surface area contributed by atoms with Crippen molar-refractivity contribution in [3.05, 3.63) is 47.1 Å². The summed E-state index contributed by atoms with van der Waals surface area (Å²) in [5.74, 6) is -0.557.